The van der Waals surface area contributed by atoms with E-state index >= 15 is 0 Å². The van der Waals surface area contributed by atoms with Crippen LogP contribution in [0.5, 0.6) is 5.88 Å². The van der Waals surface area contributed by atoms with Crippen molar-refractivity contribution in [2.75, 3.05) is 24.2 Å². The van der Waals surface area contributed by atoms with E-state index in [2.05, 4.69) is 15.0 Å². The number of nitrogens with zero attached hydrogens (tertiary/aromatic N) is 2. The molecule has 27 heavy (non-hydrogen) atoms. The van der Waals surface area contributed by atoms with Gasteiger partial charge in [-0.15, -0.1) is 0 Å². The van der Waals surface area contributed by atoms with E-state index < -0.39 is 34.8 Å². The lowest BCUT2D eigenvalue weighted by atomic mass is 10.0. The Morgan fingerprint density at radius 3 is 2.70 bits per heavy atom. The standard InChI is InChI=1S/C16H22F3N3O4S/c1-2-9-27(24,25)22-8-4-3-5-13(22)15(23)21-12-6-7-14(20-10-12)26-11-16(17,18)19/h6-7,10,13H,2-5,8-9,11H2,1H3,(H,21,23). The van der Waals surface area contributed by atoms with Crippen molar-refractivity contribution in [3.63, 3.8) is 0 Å². The molecule has 0 aliphatic carbocycles. The summed E-state index contributed by atoms with van der Waals surface area (Å²) in [5.74, 6) is -0.737. The van der Waals surface area contributed by atoms with Crippen LogP contribution in [0.4, 0.5) is 18.9 Å². The highest BCUT2D eigenvalue weighted by atomic mass is 32.2. The summed E-state index contributed by atoms with van der Waals surface area (Å²) in [6.45, 7) is 0.589. The van der Waals surface area contributed by atoms with Crippen LogP contribution in [0.3, 0.4) is 0 Å². The average molecular weight is 409 g/mol. The molecule has 1 saturated heterocycles. The Bertz CT molecular complexity index is 738. The lowest BCUT2D eigenvalue weighted by Crippen LogP contribution is -2.50. The lowest BCUT2D eigenvalue weighted by molar-refractivity contribution is -0.154. The van der Waals surface area contributed by atoms with E-state index in [1.54, 1.807) is 6.92 Å². The molecule has 0 aromatic carbocycles. The van der Waals surface area contributed by atoms with Gasteiger partial charge in [0, 0.05) is 12.6 Å². The molecule has 1 aliphatic rings. The molecule has 0 spiro atoms. The van der Waals surface area contributed by atoms with Crippen LogP contribution in [0.1, 0.15) is 32.6 Å². The number of hydrogen-bond donors (Lipinski definition) is 1. The molecule has 2 heterocycles. The molecule has 2 rings (SSSR count). The number of rotatable bonds is 7. The van der Waals surface area contributed by atoms with Gasteiger partial charge >= 0.3 is 6.18 Å². The molecule has 1 aromatic heterocycles. The number of nitrogens with one attached hydrogen (secondary N) is 1. The van der Waals surface area contributed by atoms with Gasteiger partial charge in [0.05, 0.1) is 17.6 Å². The Hall–Kier alpha value is -1.88. The van der Waals surface area contributed by atoms with Crippen molar-refractivity contribution < 1.29 is 31.1 Å². The maximum absolute atomic E-state index is 12.5. The summed E-state index contributed by atoms with van der Waals surface area (Å²) in [5.41, 5.74) is 0.248. The van der Waals surface area contributed by atoms with Gasteiger partial charge in [-0.05, 0) is 25.3 Å². The molecule has 0 saturated carbocycles. The number of alkyl halides is 3. The fourth-order valence-corrected chi connectivity index (χ4v) is 4.54. The van der Waals surface area contributed by atoms with Crippen LogP contribution in [-0.2, 0) is 14.8 Å². The molecule has 1 aliphatic heterocycles. The van der Waals surface area contributed by atoms with Gasteiger partial charge in [0.2, 0.25) is 21.8 Å². The molecule has 1 amide bonds. The molecule has 1 atom stereocenters. The second-order valence-corrected chi connectivity index (χ2v) is 8.26. The van der Waals surface area contributed by atoms with Gasteiger partial charge in [0.25, 0.3) is 0 Å². The number of pyridine rings is 1. The van der Waals surface area contributed by atoms with Crippen molar-refractivity contribution in [3.8, 4) is 5.88 Å². The fourth-order valence-electron chi connectivity index (χ4n) is 2.80. The second-order valence-electron chi connectivity index (χ2n) is 6.22. The van der Waals surface area contributed by atoms with Crippen LogP contribution >= 0.6 is 0 Å². The molecule has 152 valence electrons. The number of aromatic nitrogens is 1. The third-order valence-electron chi connectivity index (χ3n) is 3.96. The monoisotopic (exact) mass is 409 g/mol. The topological polar surface area (TPSA) is 88.6 Å². The Kier molecular flexibility index (Phi) is 7.04. The molecule has 1 N–H and O–H groups in total. The zero-order valence-electron chi connectivity index (χ0n) is 14.8. The lowest BCUT2D eigenvalue weighted by Gasteiger charge is -2.33. The Labute approximate surface area is 156 Å². The first kappa shape index (κ1) is 21.4. The number of piperidine rings is 1. The van der Waals surface area contributed by atoms with Crippen molar-refractivity contribution in [2.24, 2.45) is 0 Å². The third kappa shape index (κ3) is 6.35. The zero-order chi connectivity index (χ0) is 20.1. The summed E-state index contributed by atoms with van der Waals surface area (Å²) < 4.78 is 66.9. The predicted octanol–water partition coefficient (Wildman–Crippen LogP) is 2.56. The van der Waals surface area contributed by atoms with Gasteiger partial charge < -0.3 is 10.1 Å². The van der Waals surface area contributed by atoms with Gasteiger partial charge in [0.1, 0.15) is 6.04 Å². The molecular formula is C16H22F3N3O4S. The first-order chi connectivity index (χ1) is 12.6. The molecule has 1 fully saturated rings. The van der Waals surface area contributed by atoms with E-state index in [9.17, 15) is 26.4 Å². The minimum atomic E-state index is -4.47. The number of halogens is 3. The van der Waals surface area contributed by atoms with Crippen LogP contribution in [0.25, 0.3) is 0 Å². The average Bonchev–Trinajstić information content (AvgIpc) is 2.60. The highest BCUT2D eigenvalue weighted by Gasteiger charge is 2.36. The fraction of sp³-hybridized carbons (Fsp3) is 0.625. The summed E-state index contributed by atoms with van der Waals surface area (Å²) in [6.07, 6.45) is -1.01. The molecule has 11 heteroatoms. The summed E-state index contributed by atoms with van der Waals surface area (Å²) in [4.78, 5) is 16.3. The molecule has 1 aromatic rings. The summed E-state index contributed by atoms with van der Waals surface area (Å²) in [7, 11) is -3.52. The van der Waals surface area contributed by atoms with Crippen LogP contribution in [0, 0.1) is 0 Å². The molecule has 7 nitrogen and oxygen atoms in total. The number of carbonyl (C=O) groups is 1. The molecule has 1 unspecified atom stereocenters. The summed E-state index contributed by atoms with van der Waals surface area (Å²) >= 11 is 0. The molecule has 0 radical (unpaired) electrons. The zero-order valence-corrected chi connectivity index (χ0v) is 15.6. The van der Waals surface area contributed by atoms with Crippen LogP contribution in [-0.4, -0.2) is 54.7 Å². The Balaban J connectivity index is 2.02. The normalized spacial score (nSPS) is 18.9. The van der Waals surface area contributed by atoms with Crippen molar-refractivity contribution in [1.82, 2.24) is 9.29 Å². The highest BCUT2D eigenvalue weighted by Crippen LogP contribution is 2.23. The smallest absolute Gasteiger partial charge is 0.422 e. The van der Waals surface area contributed by atoms with E-state index in [0.717, 1.165) is 12.6 Å². The Morgan fingerprint density at radius 1 is 1.37 bits per heavy atom. The van der Waals surface area contributed by atoms with Gasteiger partial charge in [-0.3, -0.25) is 4.79 Å². The summed E-state index contributed by atoms with van der Waals surface area (Å²) in [6, 6.07) is 1.74. The van der Waals surface area contributed by atoms with Crippen molar-refractivity contribution in [3.05, 3.63) is 18.3 Å². The minimum absolute atomic E-state index is 0.0242. The maximum Gasteiger partial charge on any atom is 0.422 e. The first-order valence-electron chi connectivity index (χ1n) is 8.58. The van der Waals surface area contributed by atoms with Crippen molar-refractivity contribution >= 4 is 21.6 Å². The number of amides is 1. The van der Waals surface area contributed by atoms with E-state index in [4.69, 9.17) is 0 Å². The number of hydrogen-bond acceptors (Lipinski definition) is 5. The van der Waals surface area contributed by atoms with Crippen molar-refractivity contribution in [1.29, 1.82) is 0 Å². The van der Waals surface area contributed by atoms with Crippen LogP contribution in [0.2, 0.25) is 0 Å². The highest BCUT2D eigenvalue weighted by molar-refractivity contribution is 7.89. The largest absolute Gasteiger partial charge is 0.468 e. The number of carbonyl (C=O) groups excluding carboxylic acids is 1. The Morgan fingerprint density at radius 2 is 2.11 bits per heavy atom. The number of anilines is 1. The van der Waals surface area contributed by atoms with E-state index in [1.165, 1.54) is 16.4 Å². The van der Waals surface area contributed by atoms with E-state index in [-0.39, 0.29) is 17.3 Å². The van der Waals surface area contributed by atoms with Crippen molar-refractivity contribution in [2.45, 2.75) is 44.8 Å². The summed E-state index contributed by atoms with van der Waals surface area (Å²) in [5, 5.41) is 2.57. The maximum atomic E-state index is 12.5. The number of ether oxygens (including phenoxy) is 1. The van der Waals surface area contributed by atoms with Crippen LogP contribution < -0.4 is 10.1 Å². The third-order valence-corrected chi connectivity index (χ3v) is 6.04. The van der Waals surface area contributed by atoms with Gasteiger partial charge in [-0.1, -0.05) is 13.3 Å². The molecule has 0 bridgehead atoms. The van der Waals surface area contributed by atoms with Gasteiger partial charge in [-0.2, -0.15) is 17.5 Å². The molecular weight excluding hydrogens is 387 g/mol. The first-order valence-corrected chi connectivity index (χ1v) is 10.2. The van der Waals surface area contributed by atoms with E-state index in [0.29, 0.717) is 25.8 Å². The number of sulfonamides is 1. The van der Waals surface area contributed by atoms with E-state index in [1.807, 2.05) is 0 Å². The SMILES string of the molecule is CCCS(=O)(=O)N1CCCCC1C(=O)Nc1ccc(OCC(F)(F)F)nc1. The van der Waals surface area contributed by atoms with Gasteiger partial charge in [-0.25, -0.2) is 13.4 Å². The van der Waals surface area contributed by atoms with Gasteiger partial charge in [0.15, 0.2) is 6.61 Å². The van der Waals surface area contributed by atoms with Crippen LogP contribution in [0.15, 0.2) is 18.3 Å². The second kappa shape index (κ2) is 8.87. The quantitative estimate of drug-likeness (QED) is 0.748. The minimum Gasteiger partial charge on any atom is -0.468 e. The predicted molar refractivity (Wildman–Crippen MR) is 92.8 cm³/mol.